The molecule has 0 saturated carbocycles. The Morgan fingerprint density at radius 2 is 2.05 bits per heavy atom. The number of hydrogen-bond donors (Lipinski definition) is 2. The molecule has 2 rings (SSSR count). The number of aromatic nitrogens is 3. The van der Waals surface area contributed by atoms with Gasteiger partial charge in [0.25, 0.3) is 0 Å². The molecule has 6 nitrogen and oxygen atoms in total. The fourth-order valence-electron chi connectivity index (χ4n) is 2.10. The number of aryl methyl sites for hydroxylation is 2. The van der Waals surface area contributed by atoms with E-state index in [0.717, 1.165) is 23.6 Å². The number of rotatable bonds is 5. The highest BCUT2D eigenvalue weighted by molar-refractivity contribution is 5.89. The average molecular weight is 287 g/mol. The zero-order chi connectivity index (χ0) is 15.2. The lowest BCUT2D eigenvalue weighted by atomic mass is 10.2. The fourth-order valence-corrected chi connectivity index (χ4v) is 2.10. The number of nitrogens with one attached hydrogen (secondary N) is 2. The highest BCUT2D eigenvalue weighted by Gasteiger charge is 2.09. The minimum atomic E-state index is -0.207. The van der Waals surface area contributed by atoms with Gasteiger partial charge in [0.1, 0.15) is 0 Å². The van der Waals surface area contributed by atoms with Crippen LogP contribution < -0.4 is 10.6 Å². The summed E-state index contributed by atoms with van der Waals surface area (Å²) in [5.74, 6) is 0.297. The maximum atomic E-state index is 11.8. The van der Waals surface area contributed by atoms with Crippen LogP contribution >= 0.6 is 0 Å². The standard InChI is InChI=1S/C15H21N5O/c1-11(10-20-13(3)8-12(2)19-20)9-17-15(21)18-14-4-6-16-7-5-14/h4-8,11H,9-10H2,1-3H3,(H2,16,17,18,21). The number of amides is 2. The van der Waals surface area contributed by atoms with Crippen molar-refractivity contribution >= 4 is 11.7 Å². The van der Waals surface area contributed by atoms with Gasteiger partial charge in [-0.2, -0.15) is 5.10 Å². The van der Waals surface area contributed by atoms with Crippen LogP contribution in [0.3, 0.4) is 0 Å². The summed E-state index contributed by atoms with van der Waals surface area (Å²) in [7, 11) is 0. The van der Waals surface area contributed by atoms with Gasteiger partial charge in [-0.1, -0.05) is 6.92 Å². The van der Waals surface area contributed by atoms with Crippen LogP contribution in [0.25, 0.3) is 0 Å². The maximum absolute atomic E-state index is 11.8. The van der Waals surface area contributed by atoms with Crippen LogP contribution in [-0.4, -0.2) is 27.3 Å². The van der Waals surface area contributed by atoms with Gasteiger partial charge >= 0.3 is 6.03 Å². The van der Waals surface area contributed by atoms with Crippen molar-refractivity contribution < 1.29 is 4.79 Å². The van der Waals surface area contributed by atoms with Crippen molar-refractivity contribution in [2.75, 3.05) is 11.9 Å². The zero-order valence-electron chi connectivity index (χ0n) is 12.6. The topological polar surface area (TPSA) is 71.8 Å². The first-order chi connectivity index (χ1) is 10.0. The molecule has 0 aliphatic carbocycles. The van der Waals surface area contributed by atoms with Crippen molar-refractivity contribution in [3.8, 4) is 0 Å². The van der Waals surface area contributed by atoms with Gasteiger partial charge in [-0.05, 0) is 38.0 Å². The van der Waals surface area contributed by atoms with Crippen LogP contribution in [0.1, 0.15) is 18.3 Å². The van der Waals surface area contributed by atoms with Gasteiger partial charge in [0.05, 0.1) is 5.69 Å². The molecule has 21 heavy (non-hydrogen) atoms. The van der Waals surface area contributed by atoms with E-state index in [1.54, 1.807) is 24.5 Å². The number of carbonyl (C=O) groups is 1. The van der Waals surface area contributed by atoms with Crippen molar-refractivity contribution in [1.82, 2.24) is 20.1 Å². The first-order valence-corrected chi connectivity index (χ1v) is 7.00. The van der Waals surface area contributed by atoms with Gasteiger partial charge in [-0.3, -0.25) is 9.67 Å². The lowest BCUT2D eigenvalue weighted by Crippen LogP contribution is -2.33. The van der Waals surface area contributed by atoms with E-state index in [-0.39, 0.29) is 6.03 Å². The summed E-state index contributed by atoms with van der Waals surface area (Å²) in [5.41, 5.74) is 2.89. The minimum Gasteiger partial charge on any atom is -0.338 e. The van der Waals surface area contributed by atoms with E-state index in [1.807, 2.05) is 18.5 Å². The van der Waals surface area contributed by atoms with Gasteiger partial charge in [-0.15, -0.1) is 0 Å². The lowest BCUT2D eigenvalue weighted by molar-refractivity contribution is 0.249. The molecule has 0 spiro atoms. The number of anilines is 1. The van der Waals surface area contributed by atoms with E-state index in [0.29, 0.717) is 12.5 Å². The smallest absolute Gasteiger partial charge is 0.319 e. The molecule has 2 aromatic rings. The van der Waals surface area contributed by atoms with Crippen LogP contribution in [0.15, 0.2) is 30.6 Å². The van der Waals surface area contributed by atoms with Crippen LogP contribution in [0.4, 0.5) is 10.5 Å². The summed E-state index contributed by atoms with van der Waals surface area (Å²) < 4.78 is 1.97. The van der Waals surface area contributed by atoms with Crippen molar-refractivity contribution in [2.24, 2.45) is 5.92 Å². The number of nitrogens with zero attached hydrogens (tertiary/aromatic N) is 3. The Labute approximate surface area is 124 Å². The summed E-state index contributed by atoms with van der Waals surface area (Å²) >= 11 is 0. The molecular formula is C15H21N5O. The molecule has 1 unspecified atom stereocenters. The Balaban J connectivity index is 1.77. The summed E-state index contributed by atoms with van der Waals surface area (Å²) in [6, 6.07) is 5.34. The summed E-state index contributed by atoms with van der Waals surface area (Å²) in [4.78, 5) is 15.7. The molecule has 0 radical (unpaired) electrons. The van der Waals surface area contributed by atoms with E-state index in [9.17, 15) is 4.79 Å². The van der Waals surface area contributed by atoms with Gasteiger partial charge in [0.2, 0.25) is 0 Å². The third kappa shape index (κ3) is 4.59. The zero-order valence-corrected chi connectivity index (χ0v) is 12.6. The van der Waals surface area contributed by atoms with Crippen molar-refractivity contribution in [2.45, 2.75) is 27.3 Å². The largest absolute Gasteiger partial charge is 0.338 e. The average Bonchev–Trinajstić information content (AvgIpc) is 2.76. The van der Waals surface area contributed by atoms with E-state index >= 15 is 0 Å². The Morgan fingerprint density at radius 1 is 1.33 bits per heavy atom. The molecule has 0 fully saturated rings. The molecule has 1 atom stereocenters. The molecule has 0 aromatic carbocycles. The predicted octanol–water partition coefficient (Wildman–Crippen LogP) is 2.35. The first kappa shape index (κ1) is 15.0. The maximum Gasteiger partial charge on any atom is 0.319 e. The number of pyridine rings is 1. The number of carbonyl (C=O) groups excluding carboxylic acids is 1. The van der Waals surface area contributed by atoms with Crippen LogP contribution in [-0.2, 0) is 6.54 Å². The Bertz CT molecular complexity index is 593. The van der Waals surface area contributed by atoms with E-state index < -0.39 is 0 Å². The van der Waals surface area contributed by atoms with Gasteiger partial charge in [0.15, 0.2) is 0 Å². The number of urea groups is 1. The summed E-state index contributed by atoms with van der Waals surface area (Å²) in [6.07, 6.45) is 3.28. The molecule has 2 N–H and O–H groups in total. The third-order valence-electron chi connectivity index (χ3n) is 3.14. The second kappa shape index (κ2) is 6.88. The molecule has 6 heteroatoms. The summed E-state index contributed by atoms with van der Waals surface area (Å²) in [6.45, 7) is 7.48. The normalized spacial score (nSPS) is 12.0. The van der Waals surface area contributed by atoms with E-state index in [2.05, 4.69) is 33.7 Å². The quantitative estimate of drug-likeness (QED) is 0.886. The molecule has 112 valence electrons. The summed E-state index contributed by atoms with van der Waals surface area (Å²) in [5, 5.41) is 10.1. The molecule has 0 saturated heterocycles. The molecule has 0 aliphatic heterocycles. The van der Waals surface area contributed by atoms with Crippen molar-refractivity contribution in [3.63, 3.8) is 0 Å². The molecular weight excluding hydrogens is 266 g/mol. The second-order valence-corrected chi connectivity index (χ2v) is 5.29. The second-order valence-electron chi connectivity index (χ2n) is 5.29. The van der Waals surface area contributed by atoms with E-state index in [4.69, 9.17) is 0 Å². The predicted molar refractivity (Wildman–Crippen MR) is 82.1 cm³/mol. The third-order valence-corrected chi connectivity index (χ3v) is 3.14. The van der Waals surface area contributed by atoms with Crippen LogP contribution in [0.2, 0.25) is 0 Å². The molecule has 0 aliphatic rings. The first-order valence-electron chi connectivity index (χ1n) is 7.00. The Hall–Kier alpha value is -2.37. The molecule has 2 aromatic heterocycles. The van der Waals surface area contributed by atoms with Gasteiger partial charge in [-0.25, -0.2) is 4.79 Å². The van der Waals surface area contributed by atoms with Gasteiger partial charge < -0.3 is 10.6 Å². The SMILES string of the molecule is Cc1cc(C)n(CC(C)CNC(=O)Nc2ccncc2)n1. The van der Waals surface area contributed by atoms with E-state index in [1.165, 1.54) is 0 Å². The van der Waals surface area contributed by atoms with Crippen LogP contribution in [0, 0.1) is 19.8 Å². The Morgan fingerprint density at radius 3 is 2.67 bits per heavy atom. The number of hydrogen-bond acceptors (Lipinski definition) is 3. The monoisotopic (exact) mass is 287 g/mol. The highest BCUT2D eigenvalue weighted by atomic mass is 16.2. The molecule has 2 amide bonds. The molecule has 2 heterocycles. The minimum absolute atomic E-state index is 0.207. The fraction of sp³-hybridized carbons (Fsp3) is 0.400. The van der Waals surface area contributed by atoms with Crippen LogP contribution in [0.5, 0.6) is 0 Å². The lowest BCUT2D eigenvalue weighted by Gasteiger charge is -2.14. The van der Waals surface area contributed by atoms with Crippen molar-refractivity contribution in [3.05, 3.63) is 42.0 Å². The van der Waals surface area contributed by atoms with Crippen molar-refractivity contribution in [1.29, 1.82) is 0 Å². The Kier molecular flexibility index (Phi) is 4.92. The van der Waals surface area contributed by atoms with Gasteiger partial charge in [0, 0.05) is 36.9 Å². The highest BCUT2D eigenvalue weighted by Crippen LogP contribution is 2.06. The molecule has 0 bridgehead atoms.